The highest BCUT2D eigenvalue weighted by Gasteiger charge is 2.30. The van der Waals surface area contributed by atoms with Crippen LogP contribution in [-0.4, -0.2) is 63.2 Å². The number of ether oxygens (including phenoxy) is 3. The number of rotatable bonds is 6. The zero-order valence-electron chi connectivity index (χ0n) is 17.7. The number of benzene rings is 2. The Bertz CT molecular complexity index is 908. The Morgan fingerprint density at radius 3 is 2.00 bits per heavy atom. The standard InChI is InChI=1S/C22H25F3N2O4/c1-29-18-9-8-17(19(30-2)20(18)31-3)21(28)27-12-10-26(11-13-27)14-15-4-6-16(7-5-15)22(23,24)25/h4-9H,10-14H2,1-3H3. The van der Waals surface area contributed by atoms with Crippen molar-refractivity contribution in [3.8, 4) is 17.2 Å². The first-order valence-electron chi connectivity index (χ1n) is 9.75. The van der Waals surface area contributed by atoms with E-state index in [9.17, 15) is 18.0 Å². The predicted molar refractivity (Wildman–Crippen MR) is 109 cm³/mol. The molecule has 1 saturated heterocycles. The second-order valence-electron chi connectivity index (χ2n) is 7.14. The molecule has 1 heterocycles. The highest BCUT2D eigenvalue weighted by atomic mass is 19.4. The lowest BCUT2D eigenvalue weighted by Crippen LogP contribution is -2.48. The summed E-state index contributed by atoms with van der Waals surface area (Å²) in [6, 6.07) is 8.49. The van der Waals surface area contributed by atoms with E-state index in [0.717, 1.165) is 17.7 Å². The molecule has 6 nitrogen and oxygen atoms in total. The molecule has 0 saturated carbocycles. The number of methoxy groups -OCH3 is 3. The van der Waals surface area contributed by atoms with Gasteiger partial charge in [0, 0.05) is 32.7 Å². The fourth-order valence-electron chi connectivity index (χ4n) is 3.61. The zero-order valence-corrected chi connectivity index (χ0v) is 17.7. The zero-order chi connectivity index (χ0) is 22.6. The molecule has 0 N–H and O–H groups in total. The molecular weight excluding hydrogens is 413 g/mol. The molecule has 1 fully saturated rings. The Hall–Kier alpha value is -2.94. The fraction of sp³-hybridized carbons (Fsp3) is 0.409. The van der Waals surface area contributed by atoms with Gasteiger partial charge < -0.3 is 19.1 Å². The van der Waals surface area contributed by atoms with Crippen LogP contribution in [0, 0.1) is 0 Å². The average molecular weight is 438 g/mol. The molecule has 0 atom stereocenters. The normalized spacial score (nSPS) is 15.0. The van der Waals surface area contributed by atoms with Crippen molar-refractivity contribution in [2.75, 3.05) is 47.5 Å². The molecule has 1 amide bonds. The molecule has 3 rings (SSSR count). The van der Waals surface area contributed by atoms with E-state index in [0.29, 0.717) is 55.5 Å². The highest BCUT2D eigenvalue weighted by Crippen LogP contribution is 2.40. The van der Waals surface area contributed by atoms with Gasteiger partial charge in [-0.25, -0.2) is 0 Å². The molecule has 0 aliphatic carbocycles. The van der Waals surface area contributed by atoms with Gasteiger partial charge in [0.2, 0.25) is 5.75 Å². The number of amides is 1. The summed E-state index contributed by atoms with van der Waals surface area (Å²) in [5.41, 5.74) is 0.529. The Labute approximate surface area is 179 Å². The summed E-state index contributed by atoms with van der Waals surface area (Å²) >= 11 is 0. The molecule has 2 aromatic rings. The van der Waals surface area contributed by atoms with Gasteiger partial charge in [0.25, 0.3) is 5.91 Å². The molecule has 1 aliphatic heterocycles. The van der Waals surface area contributed by atoms with Crippen molar-refractivity contribution in [3.63, 3.8) is 0 Å². The van der Waals surface area contributed by atoms with Crippen molar-refractivity contribution in [1.82, 2.24) is 9.80 Å². The Morgan fingerprint density at radius 1 is 0.871 bits per heavy atom. The van der Waals surface area contributed by atoms with Gasteiger partial charge in [-0.15, -0.1) is 0 Å². The Balaban J connectivity index is 1.64. The van der Waals surface area contributed by atoms with Gasteiger partial charge in [-0.05, 0) is 29.8 Å². The summed E-state index contributed by atoms with van der Waals surface area (Å²) in [7, 11) is 4.46. The van der Waals surface area contributed by atoms with Crippen molar-refractivity contribution in [2.45, 2.75) is 12.7 Å². The molecule has 168 valence electrons. The van der Waals surface area contributed by atoms with E-state index in [2.05, 4.69) is 4.90 Å². The van der Waals surface area contributed by atoms with Crippen molar-refractivity contribution < 1.29 is 32.2 Å². The summed E-state index contributed by atoms with van der Waals surface area (Å²) < 4.78 is 54.1. The smallest absolute Gasteiger partial charge is 0.416 e. The highest BCUT2D eigenvalue weighted by molar-refractivity contribution is 5.98. The number of carbonyl (C=O) groups excluding carboxylic acids is 1. The maximum Gasteiger partial charge on any atom is 0.416 e. The van der Waals surface area contributed by atoms with Crippen molar-refractivity contribution in [1.29, 1.82) is 0 Å². The minimum absolute atomic E-state index is 0.174. The van der Waals surface area contributed by atoms with Gasteiger partial charge in [-0.3, -0.25) is 9.69 Å². The van der Waals surface area contributed by atoms with Crippen LogP contribution in [0.2, 0.25) is 0 Å². The van der Waals surface area contributed by atoms with Crippen LogP contribution >= 0.6 is 0 Å². The number of carbonyl (C=O) groups is 1. The summed E-state index contributed by atoms with van der Waals surface area (Å²) in [6.07, 6.45) is -4.34. The number of nitrogens with zero attached hydrogens (tertiary/aromatic N) is 2. The third-order valence-electron chi connectivity index (χ3n) is 5.28. The first-order chi connectivity index (χ1) is 14.8. The van der Waals surface area contributed by atoms with Crippen LogP contribution in [-0.2, 0) is 12.7 Å². The number of hydrogen-bond donors (Lipinski definition) is 0. The Kier molecular flexibility index (Phi) is 6.94. The second kappa shape index (κ2) is 9.47. The van der Waals surface area contributed by atoms with Crippen molar-refractivity contribution >= 4 is 5.91 Å². The van der Waals surface area contributed by atoms with E-state index in [1.807, 2.05) is 0 Å². The molecule has 0 radical (unpaired) electrons. The molecule has 9 heteroatoms. The summed E-state index contributed by atoms with van der Waals surface area (Å²) in [5.74, 6) is 0.972. The molecule has 31 heavy (non-hydrogen) atoms. The van der Waals surface area contributed by atoms with Crippen LogP contribution in [0.15, 0.2) is 36.4 Å². The maximum absolute atomic E-state index is 13.1. The third-order valence-corrected chi connectivity index (χ3v) is 5.28. The van der Waals surface area contributed by atoms with Crippen LogP contribution in [0.4, 0.5) is 13.2 Å². The summed E-state index contributed by atoms with van der Waals surface area (Å²) in [6.45, 7) is 2.75. The van der Waals surface area contributed by atoms with Gasteiger partial charge >= 0.3 is 6.18 Å². The third kappa shape index (κ3) is 5.04. The molecule has 0 aromatic heterocycles. The van der Waals surface area contributed by atoms with Gasteiger partial charge in [-0.2, -0.15) is 13.2 Å². The van der Waals surface area contributed by atoms with Crippen LogP contribution in [0.25, 0.3) is 0 Å². The fourth-order valence-corrected chi connectivity index (χ4v) is 3.61. The van der Waals surface area contributed by atoms with Crippen LogP contribution in [0.1, 0.15) is 21.5 Å². The lowest BCUT2D eigenvalue weighted by Gasteiger charge is -2.35. The topological polar surface area (TPSA) is 51.2 Å². The van der Waals surface area contributed by atoms with E-state index < -0.39 is 11.7 Å². The van der Waals surface area contributed by atoms with E-state index in [1.165, 1.54) is 33.5 Å². The second-order valence-corrected chi connectivity index (χ2v) is 7.14. The largest absolute Gasteiger partial charge is 0.493 e. The van der Waals surface area contributed by atoms with Crippen molar-refractivity contribution in [3.05, 3.63) is 53.1 Å². The van der Waals surface area contributed by atoms with Gasteiger partial charge in [0.05, 0.1) is 32.5 Å². The minimum Gasteiger partial charge on any atom is -0.493 e. The molecule has 1 aliphatic rings. The monoisotopic (exact) mass is 438 g/mol. The van der Waals surface area contributed by atoms with Crippen LogP contribution in [0.5, 0.6) is 17.2 Å². The number of halogens is 3. The molecule has 2 aromatic carbocycles. The molecule has 0 bridgehead atoms. The van der Waals surface area contributed by atoms with E-state index in [1.54, 1.807) is 17.0 Å². The number of alkyl halides is 3. The number of hydrogen-bond acceptors (Lipinski definition) is 5. The average Bonchev–Trinajstić information content (AvgIpc) is 2.77. The predicted octanol–water partition coefficient (Wildman–Crippen LogP) is 3.69. The van der Waals surface area contributed by atoms with Crippen molar-refractivity contribution in [2.24, 2.45) is 0 Å². The SMILES string of the molecule is COc1ccc(C(=O)N2CCN(Cc3ccc(C(F)(F)F)cc3)CC2)c(OC)c1OC. The first kappa shape index (κ1) is 22.7. The number of piperazine rings is 1. The lowest BCUT2D eigenvalue weighted by molar-refractivity contribution is -0.137. The quantitative estimate of drug-likeness (QED) is 0.689. The van der Waals surface area contributed by atoms with Crippen LogP contribution < -0.4 is 14.2 Å². The molecular formula is C22H25F3N2O4. The lowest BCUT2D eigenvalue weighted by atomic mass is 10.1. The minimum atomic E-state index is -4.34. The summed E-state index contributed by atoms with van der Waals surface area (Å²) in [5, 5.41) is 0. The van der Waals surface area contributed by atoms with Gasteiger partial charge in [-0.1, -0.05) is 12.1 Å². The maximum atomic E-state index is 13.1. The van der Waals surface area contributed by atoms with E-state index in [4.69, 9.17) is 14.2 Å². The molecule has 0 spiro atoms. The van der Waals surface area contributed by atoms with Gasteiger partial charge in [0.1, 0.15) is 0 Å². The first-order valence-corrected chi connectivity index (χ1v) is 9.75. The summed E-state index contributed by atoms with van der Waals surface area (Å²) in [4.78, 5) is 16.9. The molecule has 0 unspecified atom stereocenters. The van der Waals surface area contributed by atoms with E-state index >= 15 is 0 Å². The Morgan fingerprint density at radius 2 is 1.48 bits per heavy atom. The van der Waals surface area contributed by atoms with Crippen LogP contribution in [0.3, 0.4) is 0 Å². The van der Waals surface area contributed by atoms with E-state index in [-0.39, 0.29) is 5.91 Å². The van der Waals surface area contributed by atoms with Gasteiger partial charge in [0.15, 0.2) is 11.5 Å².